The number of fused-ring (bicyclic) bond motifs is 2. The summed E-state index contributed by atoms with van der Waals surface area (Å²) in [5, 5.41) is 80.1. The molecule has 6 aliphatic rings. The quantitative estimate of drug-likeness (QED) is 0.0785. The molecule has 85 heavy (non-hydrogen) atoms. The second-order valence-electron chi connectivity index (χ2n) is 23.6. The van der Waals surface area contributed by atoms with E-state index >= 15 is 4.79 Å². The van der Waals surface area contributed by atoms with Crippen molar-refractivity contribution in [3.05, 3.63) is 28.8 Å². The minimum Gasteiger partial charge on any atom is -0.507 e. The molecule has 2 aromatic rings. The Kier molecular flexibility index (Phi) is 21.3. The summed E-state index contributed by atoms with van der Waals surface area (Å²) in [4.78, 5) is 66.0. The van der Waals surface area contributed by atoms with E-state index in [-0.39, 0.29) is 84.3 Å². The van der Waals surface area contributed by atoms with Gasteiger partial charge in [-0.3, -0.25) is 24.0 Å². The summed E-state index contributed by atoms with van der Waals surface area (Å²) in [5.74, 6) is -6.03. The maximum atomic E-state index is 15.3. The summed E-state index contributed by atoms with van der Waals surface area (Å²) in [7, 11) is 1.18. The highest BCUT2D eigenvalue weighted by Crippen LogP contribution is 2.48. The molecule has 5 fully saturated rings. The van der Waals surface area contributed by atoms with Gasteiger partial charge in [0.1, 0.15) is 59.5 Å². The number of ketones is 2. The summed E-state index contributed by atoms with van der Waals surface area (Å²) >= 11 is 0. The lowest BCUT2D eigenvalue weighted by atomic mass is 9.75. The van der Waals surface area contributed by atoms with Crippen LogP contribution in [0.15, 0.2) is 12.1 Å². The van der Waals surface area contributed by atoms with Crippen molar-refractivity contribution in [2.75, 3.05) is 7.11 Å². The van der Waals surface area contributed by atoms with Gasteiger partial charge in [-0.15, -0.1) is 0 Å². The summed E-state index contributed by atoms with van der Waals surface area (Å²) in [6.07, 6.45) is -24.1. The van der Waals surface area contributed by atoms with Gasteiger partial charge in [0.15, 0.2) is 55.0 Å². The Bertz CT molecular complexity index is 2710. The standard InChI is InChI=1S/C59H84O26/c1-13-40(63)74-27(6)51(67)54(70)56(72-12)35-16-32-15-33-17-36(81-43-21-39(55(28(7)77-43)79-30(9)60)84-41-18-34(62)14-23(2)73-41)24(3)48(64)46(33)52(68)47(32)53(69)57(35)85-44-20-37(49(65)26(5)76-44)82-42-19-38(50(66)25(4)75-42)83-45-22-59(11,71)58(29(8)78-45)80-31(10)61/h15,17,23,25-29,34-35,37-39,41-45,49-51,55-58,62,64-68,71H,13-14,16,18-22H2,1-12H3/t23-,25-,26-,27-,28-,29+,34+,35+,37-,38-,39-,41-,42+,43+,44+,45+,49-,50-,51+,55+,56+,57+,58+,59+/m1/s1. The molecule has 0 aromatic heterocycles. The third-order valence-corrected chi connectivity index (χ3v) is 16.8. The molecule has 0 unspecified atom stereocenters. The molecule has 0 radical (unpaired) electrons. The van der Waals surface area contributed by atoms with Gasteiger partial charge in [0, 0.05) is 71.0 Å². The van der Waals surface area contributed by atoms with Gasteiger partial charge in [0.25, 0.3) is 0 Å². The van der Waals surface area contributed by atoms with E-state index in [1.807, 2.05) is 0 Å². The van der Waals surface area contributed by atoms with Crippen LogP contribution in [0.2, 0.25) is 0 Å². The molecule has 476 valence electrons. The van der Waals surface area contributed by atoms with E-state index in [0.29, 0.717) is 6.42 Å². The molecule has 8 rings (SSSR count). The van der Waals surface area contributed by atoms with Gasteiger partial charge in [0.2, 0.25) is 6.29 Å². The number of phenolic OH excluding ortho intramolecular Hbond substituents is 2. The average molecular weight is 1210 g/mol. The topological polar surface area (TPSA) is 356 Å². The number of methoxy groups -OCH3 is 1. The second kappa shape index (κ2) is 27.3. The van der Waals surface area contributed by atoms with Crippen LogP contribution in [0.4, 0.5) is 0 Å². The molecule has 0 bridgehead atoms. The minimum absolute atomic E-state index is 0.00122. The van der Waals surface area contributed by atoms with Crippen LogP contribution in [0, 0.1) is 12.8 Å². The lowest BCUT2D eigenvalue weighted by molar-refractivity contribution is -0.334. The van der Waals surface area contributed by atoms with Crippen molar-refractivity contribution in [1.29, 1.82) is 0 Å². The van der Waals surface area contributed by atoms with Crippen LogP contribution in [0.3, 0.4) is 0 Å². The Morgan fingerprint density at radius 3 is 1.88 bits per heavy atom. The molecular formula is C59H84O26. The lowest BCUT2D eigenvalue weighted by Gasteiger charge is -2.46. The predicted molar refractivity (Wildman–Crippen MR) is 290 cm³/mol. The Hall–Kier alpha value is -4.75. The van der Waals surface area contributed by atoms with Crippen LogP contribution in [0.5, 0.6) is 17.2 Å². The van der Waals surface area contributed by atoms with Gasteiger partial charge >= 0.3 is 17.9 Å². The Morgan fingerprint density at radius 1 is 0.729 bits per heavy atom. The van der Waals surface area contributed by atoms with Crippen molar-refractivity contribution in [2.24, 2.45) is 5.92 Å². The zero-order valence-electron chi connectivity index (χ0n) is 50.0. The molecule has 0 amide bonds. The van der Waals surface area contributed by atoms with Crippen molar-refractivity contribution in [3.8, 4) is 17.2 Å². The zero-order valence-corrected chi connectivity index (χ0v) is 50.0. The van der Waals surface area contributed by atoms with Gasteiger partial charge in [0.05, 0.1) is 59.8 Å². The molecule has 5 heterocycles. The third kappa shape index (κ3) is 14.9. The number of aliphatic hydroxyl groups is 5. The number of aromatic hydroxyl groups is 2. The normalized spacial score (nSPS) is 38.1. The fourth-order valence-electron chi connectivity index (χ4n) is 12.5. The number of hydrogen-bond acceptors (Lipinski definition) is 26. The molecular weight excluding hydrogens is 1120 g/mol. The molecule has 5 saturated heterocycles. The summed E-state index contributed by atoms with van der Waals surface area (Å²) in [6.45, 7) is 16.6. The van der Waals surface area contributed by atoms with Crippen molar-refractivity contribution in [1.82, 2.24) is 0 Å². The minimum atomic E-state index is -1.95. The van der Waals surface area contributed by atoms with Crippen molar-refractivity contribution < 1.29 is 126 Å². The number of phenols is 2. The maximum absolute atomic E-state index is 15.3. The monoisotopic (exact) mass is 1210 g/mol. The smallest absolute Gasteiger partial charge is 0.305 e. The van der Waals surface area contributed by atoms with Crippen LogP contribution in [0.1, 0.15) is 136 Å². The number of carbonyl (C=O) groups is 5. The highest BCUT2D eigenvalue weighted by atomic mass is 16.7. The fraction of sp³-hybridized carbons (Fsp3) is 0.746. The molecule has 7 N–H and O–H groups in total. The summed E-state index contributed by atoms with van der Waals surface area (Å²) in [5.41, 5.74) is -1.53. The largest absolute Gasteiger partial charge is 0.507 e. The summed E-state index contributed by atoms with van der Waals surface area (Å²) < 4.78 is 84.3. The van der Waals surface area contributed by atoms with Gasteiger partial charge in [-0.2, -0.15) is 0 Å². The number of rotatable bonds is 19. The first-order valence-corrected chi connectivity index (χ1v) is 29.1. The van der Waals surface area contributed by atoms with Crippen LogP contribution in [0.25, 0.3) is 10.8 Å². The third-order valence-electron chi connectivity index (χ3n) is 16.8. The Balaban J connectivity index is 1.06. The first-order valence-electron chi connectivity index (χ1n) is 29.1. The van der Waals surface area contributed by atoms with Gasteiger partial charge < -0.3 is 102 Å². The molecule has 5 aliphatic heterocycles. The van der Waals surface area contributed by atoms with Crippen LogP contribution in [-0.4, -0.2) is 213 Å². The van der Waals surface area contributed by atoms with E-state index in [0.717, 1.165) is 0 Å². The van der Waals surface area contributed by atoms with E-state index < -0.39 is 182 Å². The van der Waals surface area contributed by atoms with Crippen LogP contribution < -0.4 is 4.74 Å². The number of esters is 3. The van der Waals surface area contributed by atoms with Gasteiger partial charge in [-0.1, -0.05) is 6.92 Å². The number of ether oxygens (including phenoxy) is 14. The zero-order chi connectivity index (χ0) is 62.3. The van der Waals surface area contributed by atoms with Gasteiger partial charge in [-0.05, 0) is 91.3 Å². The Labute approximate surface area is 492 Å². The lowest BCUT2D eigenvalue weighted by Crippen LogP contribution is -2.59. The first-order chi connectivity index (χ1) is 40.0. The van der Waals surface area contributed by atoms with Gasteiger partial charge in [-0.25, -0.2) is 0 Å². The van der Waals surface area contributed by atoms with E-state index in [9.17, 15) is 54.9 Å². The molecule has 24 atom stereocenters. The number of carbonyl (C=O) groups excluding carboxylic acids is 5. The summed E-state index contributed by atoms with van der Waals surface area (Å²) in [6, 6.07) is 3.05. The van der Waals surface area contributed by atoms with Crippen molar-refractivity contribution in [2.45, 2.75) is 268 Å². The van der Waals surface area contributed by atoms with Crippen molar-refractivity contribution in [3.63, 3.8) is 0 Å². The highest BCUT2D eigenvalue weighted by molar-refractivity contribution is 6.11. The predicted octanol–water partition coefficient (Wildman–Crippen LogP) is 2.88. The van der Waals surface area contributed by atoms with Crippen LogP contribution in [-0.2, 0) is 87.2 Å². The second-order valence-corrected chi connectivity index (χ2v) is 23.6. The number of benzene rings is 2. The highest BCUT2D eigenvalue weighted by Gasteiger charge is 2.52. The van der Waals surface area contributed by atoms with E-state index in [4.69, 9.17) is 66.3 Å². The number of hydrogen-bond donors (Lipinski definition) is 7. The first kappa shape index (κ1) is 66.2. The molecule has 2 aromatic carbocycles. The SMILES string of the molecule is CCC(=O)O[C@H](C)[C@H](O)C(=O)[C@@H](OC)[C@@H]1Cc2cc3cc(O[C@H]4C[C@@H](O[C@@H]5C[C@@H](O)C[C@@H](C)O5)[C@@H](OC(C)=O)[C@@H](C)O4)c(C)c(O)c3c(O)c2C(=O)[C@H]1O[C@H]1C[C@@H](O[C@H]2C[C@@H](O[C@H]3C[C@](C)(O)[C@@H](OC(C)=O)[C@H](C)O3)[C@H](O)[C@@H](C)O2)[C@H](O)[C@@H](C)O1. The molecule has 1 aliphatic carbocycles. The molecule has 0 saturated carbocycles. The molecule has 0 spiro atoms. The molecule has 26 nitrogen and oxygen atoms in total. The molecule has 26 heteroatoms. The van der Waals surface area contributed by atoms with E-state index in [1.165, 1.54) is 67.7 Å². The van der Waals surface area contributed by atoms with Crippen molar-refractivity contribution >= 4 is 40.2 Å². The number of aliphatic hydroxyl groups excluding tert-OH is 4. The fourth-order valence-corrected chi connectivity index (χ4v) is 12.5. The van der Waals surface area contributed by atoms with E-state index in [2.05, 4.69) is 0 Å². The van der Waals surface area contributed by atoms with Crippen LogP contribution >= 0.6 is 0 Å². The average Bonchev–Trinajstić information content (AvgIpc) is 3.51. The maximum Gasteiger partial charge on any atom is 0.305 e. The van der Waals surface area contributed by atoms with E-state index in [1.54, 1.807) is 27.7 Å². The number of Topliss-reactive ketones (excluding diaryl/α,β-unsaturated/α-hetero) is 2. The Morgan fingerprint density at radius 2 is 1.29 bits per heavy atom.